The number of halogens is 1. The van der Waals surface area contributed by atoms with E-state index in [1.807, 2.05) is 24.3 Å². The molecule has 0 saturated carbocycles. The van der Waals surface area contributed by atoms with Crippen molar-refractivity contribution in [2.75, 3.05) is 15.9 Å². The van der Waals surface area contributed by atoms with Gasteiger partial charge in [0.1, 0.15) is 6.04 Å². The Morgan fingerprint density at radius 3 is 2.22 bits per heavy atom. The van der Waals surface area contributed by atoms with Gasteiger partial charge in [-0.2, -0.15) is 0 Å². The molecular formula is C20H25ClN2O3S. The van der Waals surface area contributed by atoms with Crippen molar-refractivity contribution in [2.45, 2.75) is 39.2 Å². The van der Waals surface area contributed by atoms with Gasteiger partial charge in [0.2, 0.25) is 15.9 Å². The summed E-state index contributed by atoms with van der Waals surface area (Å²) in [5.41, 5.74) is 2.23. The zero-order valence-electron chi connectivity index (χ0n) is 15.8. The summed E-state index contributed by atoms with van der Waals surface area (Å²) >= 11 is 5.88. The van der Waals surface area contributed by atoms with Gasteiger partial charge >= 0.3 is 0 Å². The average molecular weight is 409 g/mol. The number of aryl methyl sites for hydroxylation is 1. The van der Waals surface area contributed by atoms with Crippen molar-refractivity contribution in [3.8, 4) is 0 Å². The van der Waals surface area contributed by atoms with Crippen LogP contribution in [0, 0.1) is 0 Å². The molecule has 0 aromatic heterocycles. The summed E-state index contributed by atoms with van der Waals surface area (Å²) in [5.74, 6) is -0.406. The molecule has 0 heterocycles. The molecule has 0 aliphatic heterocycles. The van der Waals surface area contributed by atoms with Crippen LogP contribution in [-0.2, 0) is 21.2 Å². The number of unbranched alkanes of at least 4 members (excludes halogenated alkanes) is 1. The van der Waals surface area contributed by atoms with Gasteiger partial charge < -0.3 is 5.32 Å². The summed E-state index contributed by atoms with van der Waals surface area (Å²) in [7, 11) is -3.65. The number of amides is 1. The third kappa shape index (κ3) is 5.97. The van der Waals surface area contributed by atoms with Gasteiger partial charge in [0.15, 0.2) is 0 Å². The Bertz CT molecular complexity index is 865. The SMILES string of the molecule is CCCCc1ccc(NC(=O)[C@H](C)N(c2ccc(Cl)cc2)S(C)(=O)=O)cc1. The van der Waals surface area contributed by atoms with Gasteiger partial charge in [-0.25, -0.2) is 8.42 Å². The summed E-state index contributed by atoms with van der Waals surface area (Å²) in [6, 6.07) is 13.0. The zero-order chi connectivity index (χ0) is 20.0. The highest BCUT2D eigenvalue weighted by atomic mass is 35.5. The summed E-state index contributed by atoms with van der Waals surface area (Å²) in [6.07, 6.45) is 4.32. The fraction of sp³-hybridized carbons (Fsp3) is 0.350. The molecule has 7 heteroatoms. The monoisotopic (exact) mass is 408 g/mol. The summed E-state index contributed by atoms with van der Waals surface area (Å²) in [4.78, 5) is 12.7. The molecule has 0 fully saturated rings. The highest BCUT2D eigenvalue weighted by molar-refractivity contribution is 7.92. The molecule has 0 aliphatic rings. The minimum atomic E-state index is -3.65. The second kappa shape index (κ2) is 9.24. The molecule has 1 atom stereocenters. The Morgan fingerprint density at radius 1 is 1.11 bits per heavy atom. The Morgan fingerprint density at radius 2 is 1.70 bits per heavy atom. The minimum Gasteiger partial charge on any atom is -0.324 e. The molecule has 2 aromatic carbocycles. The van der Waals surface area contributed by atoms with Crippen molar-refractivity contribution in [1.29, 1.82) is 0 Å². The van der Waals surface area contributed by atoms with Crippen LogP contribution in [0.5, 0.6) is 0 Å². The van der Waals surface area contributed by atoms with Gasteiger partial charge in [0.25, 0.3) is 0 Å². The quantitative estimate of drug-likeness (QED) is 0.700. The van der Waals surface area contributed by atoms with E-state index in [4.69, 9.17) is 11.6 Å². The molecule has 1 amide bonds. The number of carbonyl (C=O) groups is 1. The van der Waals surface area contributed by atoms with E-state index in [1.165, 1.54) is 5.56 Å². The maximum atomic E-state index is 12.7. The van der Waals surface area contributed by atoms with Gasteiger partial charge in [-0.05, 0) is 61.7 Å². The highest BCUT2D eigenvalue weighted by Crippen LogP contribution is 2.23. The number of sulfonamides is 1. The van der Waals surface area contributed by atoms with Crippen LogP contribution in [0.25, 0.3) is 0 Å². The topological polar surface area (TPSA) is 66.5 Å². The highest BCUT2D eigenvalue weighted by Gasteiger charge is 2.29. The molecule has 1 N–H and O–H groups in total. The van der Waals surface area contributed by atoms with Crippen molar-refractivity contribution in [2.24, 2.45) is 0 Å². The third-order valence-corrected chi connectivity index (χ3v) is 5.70. The summed E-state index contributed by atoms with van der Waals surface area (Å²) < 4.78 is 25.6. The Hall–Kier alpha value is -2.05. The maximum Gasteiger partial charge on any atom is 0.247 e. The van der Waals surface area contributed by atoms with Crippen molar-refractivity contribution >= 4 is 38.9 Å². The van der Waals surface area contributed by atoms with Crippen LogP contribution in [0.15, 0.2) is 48.5 Å². The molecule has 0 radical (unpaired) electrons. The number of nitrogens with zero attached hydrogens (tertiary/aromatic N) is 1. The molecule has 2 rings (SSSR count). The van der Waals surface area contributed by atoms with E-state index in [0.29, 0.717) is 16.4 Å². The minimum absolute atomic E-state index is 0.388. The fourth-order valence-corrected chi connectivity index (χ4v) is 4.08. The van der Waals surface area contributed by atoms with E-state index in [9.17, 15) is 13.2 Å². The molecule has 0 aliphatic carbocycles. The van der Waals surface area contributed by atoms with Gasteiger partial charge in [-0.1, -0.05) is 37.1 Å². The van der Waals surface area contributed by atoms with Crippen molar-refractivity contribution in [3.63, 3.8) is 0 Å². The average Bonchev–Trinajstić information content (AvgIpc) is 2.61. The van der Waals surface area contributed by atoms with Gasteiger partial charge in [0, 0.05) is 10.7 Å². The molecule has 5 nitrogen and oxygen atoms in total. The third-order valence-electron chi connectivity index (χ3n) is 4.21. The van der Waals surface area contributed by atoms with Gasteiger partial charge in [-0.3, -0.25) is 9.10 Å². The number of carbonyl (C=O) groups excluding carboxylic acids is 1. The Balaban J connectivity index is 2.16. The molecule has 27 heavy (non-hydrogen) atoms. The van der Waals surface area contributed by atoms with E-state index in [-0.39, 0.29) is 0 Å². The molecule has 0 spiro atoms. The lowest BCUT2D eigenvalue weighted by Crippen LogP contribution is -2.45. The molecule has 146 valence electrons. The predicted molar refractivity (Wildman–Crippen MR) is 112 cm³/mol. The number of rotatable bonds is 8. The summed E-state index contributed by atoms with van der Waals surface area (Å²) in [6.45, 7) is 3.70. The number of anilines is 2. The van der Waals surface area contributed by atoms with Crippen LogP contribution >= 0.6 is 11.6 Å². The van der Waals surface area contributed by atoms with Crippen molar-refractivity contribution in [3.05, 3.63) is 59.1 Å². The first-order chi connectivity index (χ1) is 12.7. The van der Waals surface area contributed by atoms with Crippen LogP contribution in [-0.4, -0.2) is 26.6 Å². The normalized spacial score (nSPS) is 12.4. The second-order valence-electron chi connectivity index (χ2n) is 6.50. The standard InChI is InChI=1S/C20H25ClN2O3S/c1-4-5-6-16-7-11-18(12-8-16)22-20(24)15(2)23(27(3,25)26)19-13-9-17(21)10-14-19/h7-15H,4-6H2,1-3H3,(H,22,24)/t15-/m0/s1. The first-order valence-corrected chi connectivity index (χ1v) is 11.1. The smallest absolute Gasteiger partial charge is 0.247 e. The maximum absolute atomic E-state index is 12.7. The van der Waals surface area contributed by atoms with Crippen molar-refractivity contribution < 1.29 is 13.2 Å². The van der Waals surface area contributed by atoms with Crippen LogP contribution < -0.4 is 9.62 Å². The molecule has 0 saturated heterocycles. The summed E-state index contributed by atoms with van der Waals surface area (Å²) in [5, 5.41) is 3.28. The van der Waals surface area contributed by atoms with Gasteiger partial charge in [-0.15, -0.1) is 0 Å². The van der Waals surface area contributed by atoms with Crippen LogP contribution in [0.4, 0.5) is 11.4 Å². The number of hydrogen-bond acceptors (Lipinski definition) is 3. The van der Waals surface area contributed by atoms with E-state index in [0.717, 1.165) is 29.8 Å². The molecular weight excluding hydrogens is 384 g/mol. The lowest BCUT2D eigenvalue weighted by molar-refractivity contribution is -0.116. The Labute approximate surface area is 166 Å². The van der Waals surface area contributed by atoms with Crippen LogP contribution in [0.3, 0.4) is 0 Å². The lowest BCUT2D eigenvalue weighted by Gasteiger charge is -2.28. The first kappa shape index (κ1) is 21.3. The predicted octanol–water partition coefficient (Wildman–Crippen LogP) is 4.48. The molecule has 2 aromatic rings. The van der Waals surface area contributed by atoms with E-state index in [1.54, 1.807) is 31.2 Å². The first-order valence-electron chi connectivity index (χ1n) is 8.87. The van der Waals surface area contributed by atoms with E-state index >= 15 is 0 Å². The van der Waals surface area contributed by atoms with Crippen LogP contribution in [0.2, 0.25) is 5.02 Å². The molecule has 0 unspecified atom stereocenters. The number of hydrogen-bond donors (Lipinski definition) is 1. The Kier molecular flexibility index (Phi) is 7.27. The lowest BCUT2D eigenvalue weighted by atomic mass is 10.1. The van der Waals surface area contributed by atoms with Gasteiger partial charge in [0.05, 0.1) is 11.9 Å². The van der Waals surface area contributed by atoms with Crippen LogP contribution in [0.1, 0.15) is 32.3 Å². The number of benzene rings is 2. The van der Waals surface area contributed by atoms with E-state index in [2.05, 4.69) is 12.2 Å². The van der Waals surface area contributed by atoms with Crippen molar-refractivity contribution in [1.82, 2.24) is 0 Å². The zero-order valence-corrected chi connectivity index (χ0v) is 17.3. The molecule has 0 bridgehead atoms. The second-order valence-corrected chi connectivity index (χ2v) is 8.80. The largest absolute Gasteiger partial charge is 0.324 e. The fourth-order valence-electron chi connectivity index (χ4n) is 2.78. The van der Waals surface area contributed by atoms with E-state index < -0.39 is 22.0 Å². The number of nitrogens with one attached hydrogen (secondary N) is 1.